The van der Waals surface area contributed by atoms with Crippen molar-refractivity contribution in [3.8, 4) is 5.69 Å². The van der Waals surface area contributed by atoms with Gasteiger partial charge in [-0.2, -0.15) is 0 Å². The average Bonchev–Trinajstić information content (AvgIpc) is 2.93. The lowest BCUT2D eigenvalue weighted by atomic mass is 9.86. The predicted octanol–water partition coefficient (Wildman–Crippen LogP) is 2.91. The van der Waals surface area contributed by atoms with Crippen molar-refractivity contribution < 1.29 is 4.39 Å². The van der Waals surface area contributed by atoms with Crippen molar-refractivity contribution in [1.29, 1.82) is 0 Å². The summed E-state index contributed by atoms with van der Waals surface area (Å²) in [5.41, 5.74) is 8.62. The van der Waals surface area contributed by atoms with E-state index in [9.17, 15) is 4.39 Å². The van der Waals surface area contributed by atoms with Gasteiger partial charge >= 0.3 is 0 Å². The zero-order chi connectivity index (χ0) is 13.9. The summed E-state index contributed by atoms with van der Waals surface area (Å²) in [5.74, 6) is 0.217. The van der Waals surface area contributed by atoms with E-state index in [1.165, 1.54) is 31.4 Å². The Morgan fingerprint density at radius 3 is 2.50 bits per heavy atom. The molecular weight excluding hydrogens is 255 g/mol. The van der Waals surface area contributed by atoms with Gasteiger partial charge in [0.2, 0.25) is 0 Å². The lowest BCUT2D eigenvalue weighted by molar-refractivity contribution is 0.428. The number of benzene rings is 1. The molecule has 0 spiro atoms. The molecule has 1 aromatic heterocycles. The van der Waals surface area contributed by atoms with E-state index in [0.717, 1.165) is 29.9 Å². The highest BCUT2D eigenvalue weighted by atomic mass is 19.1. The lowest BCUT2D eigenvalue weighted by Crippen LogP contribution is -2.14. The minimum absolute atomic E-state index is 0.243. The molecule has 0 atom stereocenters. The van der Waals surface area contributed by atoms with E-state index in [1.54, 1.807) is 12.1 Å². The molecule has 2 N–H and O–H groups in total. The van der Waals surface area contributed by atoms with Crippen LogP contribution in [0.4, 0.5) is 4.39 Å². The van der Waals surface area contributed by atoms with Crippen LogP contribution in [0.2, 0.25) is 0 Å². The van der Waals surface area contributed by atoms with Gasteiger partial charge in [0.15, 0.2) is 0 Å². The highest BCUT2D eigenvalue weighted by Gasteiger charge is 2.24. The van der Waals surface area contributed by atoms with Crippen LogP contribution in [0.5, 0.6) is 0 Å². The van der Waals surface area contributed by atoms with Crippen LogP contribution in [0.1, 0.15) is 49.4 Å². The minimum Gasteiger partial charge on any atom is -0.325 e. The molecule has 106 valence electrons. The smallest absolute Gasteiger partial charge is 0.123 e. The standard InChI is InChI=1S/C15H19FN4/c16-12-6-8-13(9-7-12)20-15(14(10-17)18-19-20)11-4-2-1-3-5-11/h6-9,11H,1-5,10,17H2. The van der Waals surface area contributed by atoms with E-state index >= 15 is 0 Å². The predicted molar refractivity (Wildman–Crippen MR) is 75.0 cm³/mol. The Bertz CT molecular complexity index is 570. The van der Waals surface area contributed by atoms with Crippen LogP contribution in [0.15, 0.2) is 24.3 Å². The molecule has 0 saturated heterocycles. The van der Waals surface area contributed by atoms with Gasteiger partial charge in [-0.05, 0) is 37.1 Å². The van der Waals surface area contributed by atoms with Gasteiger partial charge < -0.3 is 5.73 Å². The maximum Gasteiger partial charge on any atom is 0.123 e. The maximum absolute atomic E-state index is 13.1. The normalized spacial score (nSPS) is 16.5. The first kappa shape index (κ1) is 13.2. The molecule has 0 radical (unpaired) electrons. The van der Waals surface area contributed by atoms with Crippen LogP contribution in [0, 0.1) is 5.82 Å². The van der Waals surface area contributed by atoms with Gasteiger partial charge in [0, 0.05) is 12.5 Å². The van der Waals surface area contributed by atoms with Gasteiger partial charge in [-0.1, -0.05) is 24.5 Å². The van der Waals surface area contributed by atoms with Crippen molar-refractivity contribution in [3.63, 3.8) is 0 Å². The van der Waals surface area contributed by atoms with Gasteiger partial charge in [-0.15, -0.1) is 5.10 Å². The third-order valence-corrected chi connectivity index (χ3v) is 4.04. The van der Waals surface area contributed by atoms with Gasteiger partial charge in [0.25, 0.3) is 0 Å². The average molecular weight is 274 g/mol. The zero-order valence-corrected chi connectivity index (χ0v) is 11.4. The molecule has 0 amide bonds. The first-order valence-corrected chi connectivity index (χ1v) is 7.20. The van der Waals surface area contributed by atoms with Crippen LogP contribution in [-0.4, -0.2) is 15.0 Å². The Morgan fingerprint density at radius 1 is 1.15 bits per heavy atom. The fourth-order valence-electron chi connectivity index (χ4n) is 3.02. The molecule has 0 aliphatic heterocycles. The van der Waals surface area contributed by atoms with E-state index in [1.807, 2.05) is 4.68 Å². The first-order valence-electron chi connectivity index (χ1n) is 7.20. The third-order valence-electron chi connectivity index (χ3n) is 4.04. The number of nitrogens with two attached hydrogens (primary N) is 1. The largest absolute Gasteiger partial charge is 0.325 e. The molecule has 4 nitrogen and oxygen atoms in total. The Kier molecular flexibility index (Phi) is 3.78. The quantitative estimate of drug-likeness (QED) is 0.936. The van der Waals surface area contributed by atoms with Gasteiger partial charge in [-0.25, -0.2) is 9.07 Å². The molecule has 0 bridgehead atoms. The van der Waals surface area contributed by atoms with Gasteiger partial charge in [-0.3, -0.25) is 0 Å². The molecule has 1 aliphatic rings. The minimum atomic E-state index is -0.243. The number of rotatable bonds is 3. The molecule has 0 unspecified atom stereocenters. The van der Waals surface area contributed by atoms with Crippen molar-refractivity contribution in [2.45, 2.75) is 44.6 Å². The number of hydrogen-bond donors (Lipinski definition) is 1. The van der Waals surface area contributed by atoms with Crippen molar-refractivity contribution in [1.82, 2.24) is 15.0 Å². The van der Waals surface area contributed by atoms with E-state index in [2.05, 4.69) is 10.3 Å². The summed E-state index contributed by atoms with van der Waals surface area (Å²) < 4.78 is 14.9. The van der Waals surface area contributed by atoms with Crippen LogP contribution >= 0.6 is 0 Å². The molecule has 1 aromatic carbocycles. The Balaban J connectivity index is 2.02. The highest BCUT2D eigenvalue weighted by Crippen LogP contribution is 2.34. The lowest BCUT2D eigenvalue weighted by Gasteiger charge is -2.23. The molecule has 5 heteroatoms. The summed E-state index contributed by atoms with van der Waals surface area (Å²) in [6.07, 6.45) is 6.09. The van der Waals surface area contributed by atoms with E-state index in [0.29, 0.717) is 12.5 Å². The topological polar surface area (TPSA) is 56.7 Å². The molecule has 1 aliphatic carbocycles. The molecule has 1 fully saturated rings. The second-order valence-electron chi connectivity index (χ2n) is 5.35. The van der Waals surface area contributed by atoms with Crippen LogP contribution in [0.25, 0.3) is 5.69 Å². The number of nitrogens with zero attached hydrogens (tertiary/aromatic N) is 3. The van der Waals surface area contributed by atoms with Crippen molar-refractivity contribution in [3.05, 3.63) is 41.5 Å². The molecule has 3 rings (SSSR count). The Morgan fingerprint density at radius 2 is 1.85 bits per heavy atom. The summed E-state index contributed by atoms with van der Waals surface area (Å²) in [6.45, 7) is 0.396. The molecule has 1 saturated carbocycles. The second kappa shape index (κ2) is 5.71. The Labute approximate surface area is 117 Å². The molecular formula is C15H19FN4. The number of halogens is 1. The fraction of sp³-hybridized carbons (Fsp3) is 0.467. The number of aromatic nitrogens is 3. The summed E-state index contributed by atoms with van der Waals surface area (Å²) >= 11 is 0. The molecule has 2 aromatic rings. The third kappa shape index (κ3) is 2.45. The van der Waals surface area contributed by atoms with E-state index in [-0.39, 0.29) is 5.82 Å². The molecule has 1 heterocycles. The van der Waals surface area contributed by atoms with Crippen LogP contribution < -0.4 is 5.73 Å². The number of hydrogen-bond acceptors (Lipinski definition) is 3. The summed E-state index contributed by atoms with van der Waals surface area (Å²) in [7, 11) is 0. The van der Waals surface area contributed by atoms with Gasteiger partial charge in [0.05, 0.1) is 11.4 Å². The molecule has 20 heavy (non-hydrogen) atoms. The second-order valence-corrected chi connectivity index (χ2v) is 5.35. The summed E-state index contributed by atoms with van der Waals surface area (Å²) in [6, 6.07) is 6.36. The fourth-order valence-corrected chi connectivity index (χ4v) is 3.02. The zero-order valence-electron chi connectivity index (χ0n) is 11.4. The Hall–Kier alpha value is -1.75. The van der Waals surface area contributed by atoms with Crippen molar-refractivity contribution in [2.75, 3.05) is 0 Å². The van der Waals surface area contributed by atoms with Crippen molar-refractivity contribution in [2.24, 2.45) is 5.73 Å². The van der Waals surface area contributed by atoms with Gasteiger partial charge in [0.1, 0.15) is 11.5 Å². The van der Waals surface area contributed by atoms with E-state index < -0.39 is 0 Å². The highest BCUT2D eigenvalue weighted by molar-refractivity contribution is 5.35. The summed E-state index contributed by atoms with van der Waals surface area (Å²) in [4.78, 5) is 0. The summed E-state index contributed by atoms with van der Waals surface area (Å²) in [5, 5.41) is 8.43. The monoisotopic (exact) mass is 274 g/mol. The van der Waals surface area contributed by atoms with Crippen LogP contribution in [0.3, 0.4) is 0 Å². The van der Waals surface area contributed by atoms with Crippen molar-refractivity contribution >= 4 is 0 Å². The first-order chi connectivity index (χ1) is 9.79. The maximum atomic E-state index is 13.1. The van der Waals surface area contributed by atoms with E-state index in [4.69, 9.17) is 5.73 Å². The SMILES string of the molecule is NCc1nnn(-c2ccc(F)cc2)c1C1CCCCC1. The van der Waals surface area contributed by atoms with Crippen LogP contribution in [-0.2, 0) is 6.54 Å².